The summed E-state index contributed by atoms with van der Waals surface area (Å²) in [7, 11) is 3.42. The van der Waals surface area contributed by atoms with Crippen LogP contribution in [0.4, 0.5) is 5.82 Å². The summed E-state index contributed by atoms with van der Waals surface area (Å²) in [5.74, 6) is 2.12. The second kappa shape index (κ2) is 9.05. The molecule has 0 aliphatic rings. The molecular weight excluding hydrogens is 412 g/mol. The molecule has 0 bridgehead atoms. The van der Waals surface area contributed by atoms with E-state index in [9.17, 15) is 4.79 Å². The Balaban J connectivity index is 1.61. The van der Waals surface area contributed by atoms with Crippen molar-refractivity contribution in [2.24, 2.45) is 7.05 Å². The molecule has 0 spiro atoms. The summed E-state index contributed by atoms with van der Waals surface area (Å²) >= 11 is 1.32. The van der Waals surface area contributed by atoms with Crippen molar-refractivity contribution in [2.45, 2.75) is 12.1 Å². The van der Waals surface area contributed by atoms with Crippen LogP contribution >= 0.6 is 11.8 Å². The smallest absolute Gasteiger partial charge is 0.235 e. The highest BCUT2D eigenvalue weighted by atomic mass is 32.2. The number of ether oxygens (including phenoxy) is 1. The largest absolute Gasteiger partial charge is 0.497 e. The van der Waals surface area contributed by atoms with Crippen LogP contribution in [0.3, 0.4) is 0 Å². The normalized spacial score (nSPS) is 10.8. The SMILES string of the molecule is COc1cccc(-c2nnc(SCC(=O)Nc3cc(C)nn3C)n2-c2ccccc2)c1. The Morgan fingerprint density at radius 2 is 1.90 bits per heavy atom. The topological polar surface area (TPSA) is 86.9 Å². The number of para-hydroxylation sites is 1. The average molecular weight is 435 g/mol. The molecule has 0 atom stereocenters. The lowest BCUT2D eigenvalue weighted by Crippen LogP contribution is -2.16. The Hall–Kier alpha value is -3.59. The van der Waals surface area contributed by atoms with Crippen LogP contribution in [0, 0.1) is 6.92 Å². The van der Waals surface area contributed by atoms with Gasteiger partial charge in [-0.3, -0.25) is 14.0 Å². The number of nitrogens with zero attached hydrogens (tertiary/aromatic N) is 5. The average Bonchev–Trinajstić information content (AvgIpc) is 3.35. The van der Waals surface area contributed by atoms with Crippen molar-refractivity contribution in [1.29, 1.82) is 0 Å². The maximum atomic E-state index is 12.5. The first-order chi connectivity index (χ1) is 15.0. The molecule has 0 aliphatic heterocycles. The van der Waals surface area contributed by atoms with Gasteiger partial charge in [-0.2, -0.15) is 5.10 Å². The fraction of sp³-hybridized carbons (Fsp3) is 0.182. The molecule has 0 unspecified atom stereocenters. The van der Waals surface area contributed by atoms with Gasteiger partial charge in [-0.15, -0.1) is 10.2 Å². The van der Waals surface area contributed by atoms with Crippen molar-refractivity contribution in [2.75, 3.05) is 18.2 Å². The van der Waals surface area contributed by atoms with E-state index in [1.807, 2.05) is 72.2 Å². The second-order valence-electron chi connectivity index (χ2n) is 6.84. The number of rotatable bonds is 7. The lowest BCUT2D eigenvalue weighted by molar-refractivity contribution is -0.113. The number of aromatic nitrogens is 5. The number of hydrogen-bond donors (Lipinski definition) is 1. The fourth-order valence-corrected chi connectivity index (χ4v) is 3.91. The van der Waals surface area contributed by atoms with Crippen LogP contribution < -0.4 is 10.1 Å². The highest BCUT2D eigenvalue weighted by Gasteiger charge is 2.18. The van der Waals surface area contributed by atoms with Gasteiger partial charge in [0.25, 0.3) is 0 Å². The third kappa shape index (κ3) is 4.61. The highest BCUT2D eigenvalue weighted by molar-refractivity contribution is 7.99. The van der Waals surface area contributed by atoms with Gasteiger partial charge in [-0.25, -0.2) is 0 Å². The molecule has 158 valence electrons. The van der Waals surface area contributed by atoms with Crippen molar-refractivity contribution in [3.05, 3.63) is 66.4 Å². The first-order valence-electron chi connectivity index (χ1n) is 9.63. The third-order valence-electron chi connectivity index (χ3n) is 4.58. The number of benzene rings is 2. The Labute approximate surface area is 184 Å². The number of thioether (sulfide) groups is 1. The van der Waals surface area contributed by atoms with Gasteiger partial charge in [0.05, 0.1) is 18.6 Å². The molecule has 0 radical (unpaired) electrons. The van der Waals surface area contributed by atoms with E-state index in [4.69, 9.17) is 4.74 Å². The van der Waals surface area contributed by atoms with E-state index < -0.39 is 0 Å². The van der Waals surface area contributed by atoms with Crippen molar-refractivity contribution < 1.29 is 9.53 Å². The molecule has 0 saturated heterocycles. The number of aryl methyl sites for hydroxylation is 2. The summed E-state index contributed by atoms with van der Waals surface area (Å²) in [5.41, 5.74) is 2.63. The van der Waals surface area contributed by atoms with E-state index in [2.05, 4.69) is 20.6 Å². The van der Waals surface area contributed by atoms with Gasteiger partial charge in [0.15, 0.2) is 11.0 Å². The monoisotopic (exact) mass is 434 g/mol. The maximum absolute atomic E-state index is 12.5. The first kappa shape index (κ1) is 20.7. The highest BCUT2D eigenvalue weighted by Crippen LogP contribution is 2.29. The van der Waals surface area contributed by atoms with Gasteiger partial charge in [-0.05, 0) is 31.2 Å². The van der Waals surface area contributed by atoms with Gasteiger partial charge in [-0.1, -0.05) is 42.1 Å². The van der Waals surface area contributed by atoms with E-state index in [1.54, 1.807) is 18.8 Å². The van der Waals surface area contributed by atoms with Crippen molar-refractivity contribution in [3.8, 4) is 22.8 Å². The fourth-order valence-electron chi connectivity index (χ4n) is 3.16. The predicted molar refractivity (Wildman–Crippen MR) is 121 cm³/mol. The summed E-state index contributed by atoms with van der Waals surface area (Å²) in [6.07, 6.45) is 0. The number of amides is 1. The molecule has 8 nitrogen and oxygen atoms in total. The summed E-state index contributed by atoms with van der Waals surface area (Å²) in [6, 6.07) is 19.3. The minimum absolute atomic E-state index is 0.140. The number of nitrogens with one attached hydrogen (secondary N) is 1. The number of anilines is 1. The van der Waals surface area contributed by atoms with Crippen LogP contribution in [0.25, 0.3) is 17.1 Å². The second-order valence-corrected chi connectivity index (χ2v) is 7.78. The van der Waals surface area contributed by atoms with Crippen LogP contribution in [0.2, 0.25) is 0 Å². The molecule has 1 N–H and O–H groups in total. The maximum Gasteiger partial charge on any atom is 0.235 e. The van der Waals surface area contributed by atoms with Gasteiger partial charge in [0.1, 0.15) is 11.6 Å². The lowest BCUT2D eigenvalue weighted by Gasteiger charge is -2.11. The predicted octanol–water partition coefficient (Wildman–Crippen LogP) is 3.72. The van der Waals surface area contributed by atoms with Gasteiger partial charge in [0.2, 0.25) is 5.91 Å². The van der Waals surface area contributed by atoms with Crippen LogP contribution in [0.15, 0.2) is 65.8 Å². The van der Waals surface area contributed by atoms with Gasteiger partial charge >= 0.3 is 0 Å². The van der Waals surface area contributed by atoms with Crippen molar-refractivity contribution in [3.63, 3.8) is 0 Å². The summed E-state index contributed by atoms with van der Waals surface area (Å²) < 4.78 is 8.94. The number of hydrogen-bond acceptors (Lipinski definition) is 6. The van der Waals surface area contributed by atoms with Crippen LogP contribution in [0.1, 0.15) is 5.69 Å². The Kier molecular flexibility index (Phi) is 6.03. The number of methoxy groups -OCH3 is 1. The molecule has 0 fully saturated rings. The lowest BCUT2D eigenvalue weighted by atomic mass is 10.2. The minimum atomic E-state index is -0.140. The summed E-state index contributed by atoms with van der Waals surface area (Å²) in [5, 5.41) is 16.5. The van der Waals surface area contributed by atoms with E-state index in [0.29, 0.717) is 16.8 Å². The molecule has 9 heteroatoms. The minimum Gasteiger partial charge on any atom is -0.497 e. The van der Waals surface area contributed by atoms with Crippen molar-refractivity contribution >= 4 is 23.5 Å². The van der Waals surface area contributed by atoms with Crippen molar-refractivity contribution in [1.82, 2.24) is 24.5 Å². The number of carbonyl (C=O) groups is 1. The molecule has 2 aromatic carbocycles. The van der Waals surface area contributed by atoms with Crippen LogP contribution in [0.5, 0.6) is 5.75 Å². The van der Waals surface area contributed by atoms with E-state index >= 15 is 0 Å². The molecular formula is C22H22N6O2S. The van der Waals surface area contributed by atoms with Crippen LogP contribution in [-0.4, -0.2) is 43.3 Å². The molecule has 2 heterocycles. The van der Waals surface area contributed by atoms with Gasteiger partial charge in [0, 0.05) is 24.4 Å². The quantitative estimate of drug-likeness (QED) is 0.446. The first-order valence-corrected chi connectivity index (χ1v) is 10.6. The summed E-state index contributed by atoms with van der Waals surface area (Å²) in [4.78, 5) is 12.5. The van der Waals surface area contributed by atoms with Gasteiger partial charge < -0.3 is 10.1 Å². The molecule has 31 heavy (non-hydrogen) atoms. The van der Waals surface area contributed by atoms with E-state index in [1.165, 1.54) is 11.8 Å². The molecule has 0 aliphatic carbocycles. The Morgan fingerprint density at radius 3 is 2.61 bits per heavy atom. The van der Waals surface area contributed by atoms with Crippen LogP contribution in [-0.2, 0) is 11.8 Å². The molecule has 2 aromatic heterocycles. The Morgan fingerprint density at radius 1 is 1.10 bits per heavy atom. The summed E-state index contributed by atoms with van der Waals surface area (Å²) in [6.45, 7) is 1.88. The molecule has 4 aromatic rings. The number of carbonyl (C=O) groups excluding carboxylic acids is 1. The molecule has 1 amide bonds. The Bertz CT molecular complexity index is 1200. The van der Waals surface area contributed by atoms with E-state index in [-0.39, 0.29) is 11.7 Å². The molecule has 4 rings (SSSR count). The zero-order valence-electron chi connectivity index (χ0n) is 17.4. The third-order valence-corrected chi connectivity index (χ3v) is 5.51. The van der Waals surface area contributed by atoms with E-state index in [0.717, 1.165) is 22.7 Å². The standard InChI is InChI=1S/C22H22N6O2S/c1-15-12-19(27(2)26-15)23-20(29)14-31-22-25-24-21(16-8-7-11-18(13-16)30-3)28(22)17-9-5-4-6-10-17/h4-13H,14H2,1-3H3,(H,23,29). The zero-order valence-corrected chi connectivity index (χ0v) is 18.3. The zero-order chi connectivity index (χ0) is 21.8. The molecule has 0 saturated carbocycles.